The summed E-state index contributed by atoms with van der Waals surface area (Å²) in [5.74, 6) is 0.575. The minimum atomic E-state index is -0.243. The first-order chi connectivity index (χ1) is 12.2. The third kappa shape index (κ3) is 5.05. The van der Waals surface area contributed by atoms with Crippen molar-refractivity contribution in [2.45, 2.75) is 19.7 Å². The Labute approximate surface area is 152 Å². The van der Waals surface area contributed by atoms with Crippen LogP contribution in [0.4, 0.5) is 4.39 Å². The van der Waals surface area contributed by atoms with E-state index in [0.717, 1.165) is 27.5 Å². The van der Waals surface area contributed by atoms with Crippen molar-refractivity contribution >= 4 is 11.6 Å². The second-order valence-corrected chi connectivity index (χ2v) is 6.13. The number of para-hydroxylation sites is 1. The van der Waals surface area contributed by atoms with Crippen molar-refractivity contribution in [2.24, 2.45) is 0 Å². The minimum Gasteiger partial charge on any atom is -0.489 e. The van der Waals surface area contributed by atoms with Gasteiger partial charge in [-0.3, -0.25) is 0 Å². The molecule has 0 fully saturated rings. The van der Waals surface area contributed by atoms with Crippen LogP contribution >= 0.6 is 11.6 Å². The smallest absolute Gasteiger partial charge is 0.124 e. The molecule has 25 heavy (non-hydrogen) atoms. The van der Waals surface area contributed by atoms with Crippen LogP contribution in [0.15, 0.2) is 72.8 Å². The fraction of sp³-hybridized carbons (Fsp3) is 0.143. The molecule has 1 N–H and O–H groups in total. The molecule has 0 spiro atoms. The van der Waals surface area contributed by atoms with Crippen molar-refractivity contribution in [3.8, 4) is 5.75 Å². The van der Waals surface area contributed by atoms with Crippen LogP contribution in [0.25, 0.3) is 0 Å². The van der Waals surface area contributed by atoms with E-state index in [-0.39, 0.29) is 5.82 Å². The zero-order chi connectivity index (χ0) is 17.5. The molecule has 3 aromatic rings. The Kier molecular flexibility index (Phi) is 6.04. The van der Waals surface area contributed by atoms with E-state index in [9.17, 15) is 4.39 Å². The van der Waals surface area contributed by atoms with Gasteiger partial charge in [0.2, 0.25) is 0 Å². The molecule has 2 nitrogen and oxygen atoms in total. The first-order valence-electron chi connectivity index (χ1n) is 8.11. The SMILES string of the molecule is Fc1ccc(COc2ccccc2CNCc2ccccc2Cl)cc1. The summed E-state index contributed by atoms with van der Waals surface area (Å²) in [6.45, 7) is 1.76. The molecule has 0 aliphatic carbocycles. The standard InChI is InChI=1S/C21H19ClFNO/c22-20-7-3-1-5-17(20)13-24-14-18-6-2-4-8-21(18)25-15-16-9-11-19(23)12-10-16/h1-12,24H,13-15H2. The average Bonchev–Trinajstić information content (AvgIpc) is 2.64. The Hall–Kier alpha value is -2.36. The Bertz CT molecular complexity index is 820. The van der Waals surface area contributed by atoms with Crippen molar-refractivity contribution in [2.75, 3.05) is 0 Å². The molecule has 0 heterocycles. The van der Waals surface area contributed by atoms with Gasteiger partial charge < -0.3 is 10.1 Å². The molecule has 0 aliphatic heterocycles. The lowest BCUT2D eigenvalue weighted by atomic mass is 10.1. The Balaban J connectivity index is 1.58. The summed E-state index contributed by atoms with van der Waals surface area (Å²) in [5.41, 5.74) is 3.06. The summed E-state index contributed by atoms with van der Waals surface area (Å²) in [7, 11) is 0. The predicted octanol–water partition coefficient (Wildman–Crippen LogP) is 5.35. The number of rotatable bonds is 7. The molecule has 128 valence electrons. The van der Waals surface area contributed by atoms with Crippen LogP contribution in [0, 0.1) is 5.82 Å². The molecule has 0 amide bonds. The van der Waals surface area contributed by atoms with Crippen molar-refractivity contribution in [1.82, 2.24) is 5.32 Å². The third-order valence-corrected chi connectivity index (χ3v) is 4.24. The lowest BCUT2D eigenvalue weighted by Crippen LogP contribution is -2.14. The van der Waals surface area contributed by atoms with Gasteiger partial charge in [0.05, 0.1) is 0 Å². The third-order valence-electron chi connectivity index (χ3n) is 3.87. The molecular weight excluding hydrogens is 337 g/mol. The second-order valence-electron chi connectivity index (χ2n) is 5.72. The van der Waals surface area contributed by atoms with Gasteiger partial charge in [0.1, 0.15) is 18.2 Å². The summed E-state index contributed by atoms with van der Waals surface area (Å²) in [6.07, 6.45) is 0. The molecule has 4 heteroatoms. The minimum absolute atomic E-state index is 0.243. The first kappa shape index (κ1) is 17.5. The van der Waals surface area contributed by atoms with E-state index in [0.29, 0.717) is 19.7 Å². The van der Waals surface area contributed by atoms with E-state index in [1.54, 1.807) is 12.1 Å². The molecule has 0 bridgehead atoms. The van der Waals surface area contributed by atoms with Gasteiger partial charge in [-0.1, -0.05) is 60.1 Å². The predicted molar refractivity (Wildman–Crippen MR) is 99.2 cm³/mol. The topological polar surface area (TPSA) is 21.3 Å². The van der Waals surface area contributed by atoms with E-state index in [1.807, 2.05) is 48.5 Å². The van der Waals surface area contributed by atoms with Crippen LogP contribution in [0.3, 0.4) is 0 Å². The summed E-state index contributed by atoms with van der Waals surface area (Å²) in [6, 6.07) is 22.0. The molecular formula is C21H19ClFNO. The van der Waals surface area contributed by atoms with E-state index in [4.69, 9.17) is 16.3 Å². The van der Waals surface area contributed by atoms with E-state index in [2.05, 4.69) is 5.32 Å². The maximum atomic E-state index is 13.0. The summed E-state index contributed by atoms with van der Waals surface area (Å²) in [5, 5.41) is 4.15. The van der Waals surface area contributed by atoms with Crippen LogP contribution in [-0.4, -0.2) is 0 Å². The fourth-order valence-corrected chi connectivity index (χ4v) is 2.71. The van der Waals surface area contributed by atoms with Crippen LogP contribution < -0.4 is 10.1 Å². The molecule has 0 aromatic heterocycles. The van der Waals surface area contributed by atoms with Crippen LogP contribution in [0.5, 0.6) is 5.75 Å². The summed E-state index contributed by atoms with van der Waals surface area (Å²) in [4.78, 5) is 0. The van der Waals surface area contributed by atoms with Crippen molar-refractivity contribution in [1.29, 1.82) is 0 Å². The summed E-state index contributed by atoms with van der Waals surface area (Å²) < 4.78 is 18.9. The number of ether oxygens (including phenoxy) is 1. The van der Waals surface area contributed by atoms with Crippen molar-refractivity contribution in [3.05, 3.63) is 100 Å². The van der Waals surface area contributed by atoms with Crippen LogP contribution in [0.1, 0.15) is 16.7 Å². The molecule has 0 unspecified atom stereocenters. The lowest BCUT2D eigenvalue weighted by molar-refractivity contribution is 0.302. The maximum absolute atomic E-state index is 13.0. The summed E-state index contributed by atoms with van der Waals surface area (Å²) >= 11 is 6.17. The molecule has 3 rings (SSSR count). The molecule has 0 atom stereocenters. The lowest BCUT2D eigenvalue weighted by Gasteiger charge is -2.13. The van der Waals surface area contributed by atoms with Gasteiger partial charge in [0.15, 0.2) is 0 Å². The molecule has 0 saturated carbocycles. The van der Waals surface area contributed by atoms with Gasteiger partial charge in [-0.05, 0) is 35.4 Å². The van der Waals surface area contributed by atoms with Gasteiger partial charge in [-0.25, -0.2) is 4.39 Å². The van der Waals surface area contributed by atoms with E-state index < -0.39 is 0 Å². The Morgan fingerprint density at radius 3 is 2.20 bits per heavy atom. The number of halogens is 2. The number of hydrogen-bond acceptors (Lipinski definition) is 2. The van der Waals surface area contributed by atoms with Crippen LogP contribution in [-0.2, 0) is 19.7 Å². The zero-order valence-corrected chi connectivity index (χ0v) is 14.5. The first-order valence-corrected chi connectivity index (χ1v) is 8.49. The zero-order valence-electron chi connectivity index (χ0n) is 13.7. The van der Waals surface area contributed by atoms with Gasteiger partial charge >= 0.3 is 0 Å². The van der Waals surface area contributed by atoms with Gasteiger partial charge in [-0.2, -0.15) is 0 Å². The number of nitrogens with one attached hydrogen (secondary N) is 1. The highest BCUT2D eigenvalue weighted by atomic mass is 35.5. The largest absolute Gasteiger partial charge is 0.489 e. The van der Waals surface area contributed by atoms with Crippen LogP contribution in [0.2, 0.25) is 5.02 Å². The van der Waals surface area contributed by atoms with Crippen molar-refractivity contribution in [3.63, 3.8) is 0 Å². The Morgan fingerprint density at radius 1 is 0.800 bits per heavy atom. The monoisotopic (exact) mass is 355 g/mol. The molecule has 3 aromatic carbocycles. The second kappa shape index (κ2) is 8.65. The fourth-order valence-electron chi connectivity index (χ4n) is 2.51. The maximum Gasteiger partial charge on any atom is 0.124 e. The Morgan fingerprint density at radius 2 is 1.44 bits per heavy atom. The van der Waals surface area contributed by atoms with Crippen molar-refractivity contribution < 1.29 is 9.13 Å². The van der Waals surface area contributed by atoms with Gasteiger partial charge in [0, 0.05) is 23.7 Å². The van der Waals surface area contributed by atoms with Gasteiger partial charge in [-0.15, -0.1) is 0 Å². The van der Waals surface area contributed by atoms with Gasteiger partial charge in [0.25, 0.3) is 0 Å². The van der Waals surface area contributed by atoms with E-state index in [1.165, 1.54) is 12.1 Å². The van der Waals surface area contributed by atoms with E-state index >= 15 is 0 Å². The number of hydrogen-bond donors (Lipinski definition) is 1. The molecule has 0 aliphatic rings. The quantitative estimate of drug-likeness (QED) is 0.617. The average molecular weight is 356 g/mol. The molecule has 0 saturated heterocycles. The molecule has 0 radical (unpaired) electrons. The normalized spacial score (nSPS) is 10.6. The highest BCUT2D eigenvalue weighted by molar-refractivity contribution is 6.31. The number of benzene rings is 3. The highest BCUT2D eigenvalue weighted by Gasteiger charge is 2.05. The highest BCUT2D eigenvalue weighted by Crippen LogP contribution is 2.20.